The van der Waals surface area contributed by atoms with E-state index in [4.69, 9.17) is 9.72 Å². The number of aromatic nitrogens is 2. The van der Waals surface area contributed by atoms with E-state index in [1.165, 1.54) is 5.56 Å². The molecule has 1 saturated heterocycles. The van der Waals surface area contributed by atoms with E-state index in [-0.39, 0.29) is 6.10 Å². The van der Waals surface area contributed by atoms with Crippen molar-refractivity contribution < 1.29 is 4.74 Å². The van der Waals surface area contributed by atoms with E-state index in [1.807, 2.05) is 18.5 Å². The highest BCUT2D eigenvalue weighted by atomic mass is 32.2. The Kier molecular flexibility index (Phi) is 6.07. The highest BCUT2D eigenvalue weighted by Crippen LogP contribution is 2.23. The van der Waals surface area contributed by atoms with Gasteiger partial charge in [-0.05, 0) is 19.7 Å². The zero-order valence-corrected chi connectivity index (χ0v) is 15.1. The van der Waals surface area contributed by atoms with Gasteiger partial charge in [0.15, 0.2) is 0 Å². The Balaban J connectivity index is 1.62. The van der Waals surface area contributed by atoms with Crippen LogP contribution >= 0.6 is 11.8 Å². The van der Waals surface area contributed by atoms with Crippen molar-refractivity contribution in [1.82, 2.24) is 14.9 Å². The summed E-state index contributed by atoms with van der Waals surface area (Å²) in [5.41, 5.74) is 1.30. The molecule has 0 saturated carbocycles. The van der Waals surface area contributed by atoms with Gasteiger partial charge in [0.2, 0.25) is 0 Å². The van der Waals surface area contributed by atoms with Crippen molar-refractivity contribution in [2.75, 3.05) is 45.2 Å². The maximum absolute atomic E-state index is 5.84. The summed E-state index contributed by atoms with van der Waals surface area (Å²) in [6.45, 7) is 3.39. The van der Waals surface area contributed by atoms with E-state index in [0.717, 1.165) is 42.8 Å². The number of benzene rings is 1. The molecule has 0 radical (unpaired) electrons. The average Bonchev–Trinajstić information content (AvgIpc) is 2.61. The number of nitrogens with zero attached hydrogens (tertiary/aromatic N) is 4. The lowest BCUT2D eigenvalue weighted by molar-refractivity contribution is 0.0245. The summed E-state index contributed by atoms with van der Waals surface area (Å²) in [6, 6.07) is 10.4. The molecule has 2 heterocycles. The van der Waals surface area contributed by atoms with Crippen LogP contribution in [-0.4, -0.2) is 61.3 Å². The third-order valence-corrected chi connectivity index (χ3v) is 4.83. The molecular weight excluding hydrogens is 320 g/mol. The number of likely N-dealkylation sites (N-methyl/N-ethyl adjacent to an activating group) is 1. The lowest BCUT2D eigenvalue weighted by Gasteiger charge is -2.34. The molecule has 6 heteroatoms. The minimum Gasteiger partial charge on any atom is -0.373 e. The molecule has 1 aliphatic rings. The Morgan fingerprint density at radius 3 is 2.88 bits per heavy atom. The minimum atomic E-state index is 0.219. The van der Waals surface area contributed by atoms with Crippen molar-refractivity contribution in [3.05, 3.63) is 48.3 Å². The molecule has 1 atom stereocenters. The normalized spacial score (nSPS) is 18.1. The monoisotopic (exact) mass is 344 g/mol. The number of morpholine rings is 1. The van der Waals surface area contributed by atoms with Gasteiger partial charge in [0.1, 0.15) is 10.8 Å². The fraction of sp³-hybridized carbons (Fsp3) is 0.444. The summed E-state index contributed by atoms with van der Waals surface area (Å²) in [7, 11) is 4.14. The van der Waals surface area contributed by atoms with Crippen LogP contribution in [-0.2, 0) is 10.5 Å². The van der Waals surface area contributed by atoms with Crippen LogP contribution < -0.4 is 4.90 Å². The van der Waals surface area contributed by atoms with Crippen LogP contribution in [0.25, 0.3) is 0 Å². The maximum Gasteiger partial charge on any atom is 0.148 e. The standard InChI is InChI=1S/C18H24N4OS/c1-21(2)12-16-13-22(8-9-23-16)17-10-19-11-18(20-17)24-14-15-6-4-3-5-7-15/h3-7,10-11,16H,8-9,12-14H2,1-2H3. The predicted octanol–water partition coefficient (Wildman–Crippen LogP) is 2.54. The van der Waals surface area contributed by atoms with Crippen molar-refractivity contribution in [2.45, 2.75) is 16.9 Å². The van der Waals surface area contributed by atoms with E-state index < -0.39 is 0 Å². The quantitative estimate of drug-likeness (QED) is 0.750. The zero-order valence-electron chi connectivity index (χ0n) is 14.3. The van der Waals surface area contributed by atoms with Crippen molar-refractivity contribution in [3.8, 4) is 0 Å². The van der Waals surface area contributed by atoms with E-state index in [9.17, 15) is 0 Å². The molecule has 1 unspecified atom stereocenters. The largest absolute Gasteiger partial charge is 0.373 e. The van der Waals surface area contributed by atoms with E-state index >= 15 is 0 Å². The molecule has 0 spiro atoms. The Bertz CT molecular complexity index is 638. The highest BCUT2D eigenvalue weighted by molar-refractivity contribution is 7.98. The second-order valence-electron chi connectivity index (χ2n) is 6.19. The summed E-state index contributed by atoms with van der Waals surface area (Å²) in [4.78, 5) is 13.6. The Hall–Kier alpha value is -1.63. The predicted molar refractivity (Wildman–Crippen MR) is 98.5 cm³/mol. The van der Waals surface area contributed by atoms with Crippen LogP contribution in [0.3, 0.4) is 0 Å². The van der Waals surface area contributed by atoms with Gasteiger partial charge < -0.3 is 14.5 Å². The van der Waals surface area contributed by atoms with Gasteiger partial charge in [0.25, 0.3) is 0 Å². The zero-order chi connectivity index (χ0) is 16.8. The third-order valence-electron chi connectivity index (χ3n) is 3.86. The summed E-state index contributed by atoms with van der Waals surface area (Å²) in [5, 5.41) is 0.965. The molecule has 0 N–H and O–H groups in total. The third kappa shape index (κ3) is 4.93. The fourth-order valence-corrected chi connectivity index (χ4v) is 3.54. The smallest absolute Gasteiger partial charge is 0.148 e. The molecule has 2 aromatic rings. The molecule has 5 nitrogen and oxygen atoms in total. The van der Waals surface area contributed by atoms with Gasteiger partial charge in [-0.15, -0.1) is 11.8 Å². The number of rotatable bonds is 6. The molecule has 128 valence electrons. The van der Waals surface area contributed by atoms with Gasteiger partial charge in [0, 0.05) is 25.4 Å². The molecule has 1 fully saturated rings. The number of hydrogen-bond acceptors (Lipinski definition) is 6. The van der Waals surface area contributed by atoms with Crippen LogP contribution in [0.5, 0.6) is 0 Å². The second kappa shape index (κ2) is 8.46. The Morgan fingerprint density at radius 1 is 1.25 bits per heavy atom. The lowest BCUT2D eigenvalue weighted by atomic mass is 10.2. The summed E-state index contributed by atoms with van der Waals surface area (Å²) in [5.74, 6) is 1.85. The van der Waals surface area contributed by atoms with Crippen molar-refractivity contribution in [1.29, 1.82) is 0 Å². The SMILES string of the molecule is CN(C)CC1CN(c2cncc(SCc3ccccc3)n2)CCO1. The minimum absolute atomic E-state index is 0.219. The van der Waals surface area contributed by atoms with E-state index in [2.05, 4.69) is 53.1 Å². The van der Waals surface area contributed by atoms with Crippen LogP contribution in [0, 0.1) is 0 Å². The van der Waals surface area contributed by atoms with Gasteiger partial charge in [-0.2, -0.15) is 0 Å². The molecule has 0 amide bonds. The first kappa shape index (κ1) is 17.2. The molecule has 1 aromatic heterocycles. The van der Waals surface area contributed by atoms with Gasteiger partial charge >= 0.3 is 0 Å². The van der Waals surface area contributed by atoms with E-state index in [1.54, 1.807) is 11.8 Å². The van der Waals surface area contributed by atoms with Gasteiger partial charge in [-0.1, -0.05) is 30.3 Å². The highest BCUT2D eigenvalue weighted by Gasteiger charge is 2.22. The topological polar surface area (TPSA) is 41.5 Å². The Morgan fingerprint density at radius 2 is 2.08 bits per heavy atom. The lowest BCUT2D eigenvalue weighted by Crippen LogP contribution is -2.46. The van der Waals surface area contributed by atoms with Crippen molar-refractivity contribution in [2.24, 2.45) is 0 Å². The second-order valence-corrected chi connectivity index (χ2v) is 7.19. The van der Waals surface area contributed by atoms with Crippen LogP contribution in [0.15, 0.2) is 47.8 Å². The summed E-state index contributed by atoms with van der Waals surface area (Å²) >= 11 is 1.72. The van der Waals surface area contributed by atoms with Crippen LogP contribution in [0.4, 0.5) is 5.82 Å². The molecular formula is C18H24N4OS. The van der Waals surface area contributed by atoms with Gasteiger partial charge in [0.05, 0.1) is 25.1 Å². The molecule has 24 heavy (non-hydrogen) atoms. The first-order valence-electron chi connectivity index (χ1n) is 8.21. The molecule has 1 aromatic carbocycles. The number of anilines is 1. The fourth-order valence-electron chi connectivity index (χ4n) is 2.74. The molecule has 0 aliphatic carbocycles. The number of hydrogen-bond donors (Lipinski definition) is 0. The van der Waals surface area contributed by atoms with Crippen LogP contribution in [0.1, 0.15) is 5.56 Å². The van der Waals surface area contributed by atoms with E-state index in [0.29, 0.717) is 0 Å². The van der Waals surface area contributed by atoms with Gasteiger partial charge in [-0.3, -0.25) is 4.98 Å². The van der Waals surface area contributed by atoms with Gasteiger partial charge in [-0.25, -0.2) is 4.98 Å². The summed E-state index contributed by atoms with van der Waals surface area (Å²) in [6.07, 6.45) is 3.91. The molecule has 1 aliphatic heterocycles. The van der Waals surface area contributed by atoms with Crippen molar-refractivity contribution in [3.63, 3.8) is 0 Å². The molecule has 0 bridgehead atoms. The maximum atomic E-state index is 5.84. The van der Waals surface area contributed by atoms with Crippen LogP contribution in [0.2, 0.25) is 0 Å². The number of thioether (sulfide) groups is 1. The average molecular weight is 344 g/mol. The first-order chi connectivity index (χ1) is 11.7. The summed E-state index contributed by atoms with van der Waals surface area (Å²) < 4.78 is 5.84. The van der Waals surface area contributed by atoms with Crippen molar-refractivity contribution >= 4 is 17.6 Å². The Labute approximate surface area is 148 Å². The first-order valence-corrected chi connectivity index (χ1v) is 9.19. The number of ether oxygens (including phenoxy) is 1. The molecule has 3 rings (SSSR count).